The van der Waals surface area contributed by atoms with Gasteiger partial charge in [-0.15, -0.1) is 0 Å². The highest BCUT2D eigenvalue weighted by Crippen LogP contribution is 2.16. The van der Waals surface area contributed by atoms with Crippen molar-refractivity contribution in [3.8, 4) is 0 Å². The van der Waals surface area contributed by atoms with Crippen molar-refractivity contribution in [1.82, 2.24) is 4.90 Å². The van der Waals surface area contributed by atoms with Gasteiger partial charge in [0.2, 0.25) is 0 Å². The van der Waals surface area contributed by atoms with Crippen LogP contribution in [0.25, 0.3) is 0 Å². The van der Waals surface area contributed by atoms with Gasteiger partial charge in [-0.25, -0.2) is 0 Å². The van der Waals surface area contributed by atoms with Crippen molar-refractivity contribution < 1.29 is 4.79 Å². The zero-order chi connectivity index (χ0) is 14.6. The van der Waals surface area contributed by atoms with Crippen LogP contribution in [0.15, 0.2) is 18.2 Å². The number of benzene rings is 1. The minimum atomic E-state index is 0.0779. The van der Waals surface area contributed by atoms with Crippen LogP contribution in [-0.2, 0) is 0 Å². The first-order valence-electron chi connectivity index (χ1n) is 6.96. The Balaban J connectivity index is 2.94. The quantitative estimate of drug-likeness (QED) is 0.827. The zero-order valence-corrected chi connectivity index (χ0v) is 12.7. The van der Waals surface area contributed by atoms with E-state index < -0.39 is 0 Å². The van der Waals surface area contributed by atoms with E-state index >= 15 is 0 Å². The molecule has 1 aromatic carbocycles. The van der Waals surface area contributed by atoms with Crippen LogP contribution in [0, 0.1) is 18.8 Å². The zero-order valence-electron chi connectivity index (χ0n) is 12.7. The molecular formula is C16H26N2O. The van der Waals surface area contributed by atoms with Gasteiger partial charge in [0.1, 0.15) is 0 Å². The van der Waals surface area contributed by atoms with Gasteiger partial charge in [0.25, 0.3) is 5.91 Å². The third kappa shape index (κ3) is 4.58. The lowest BCUT2D eigenvalue weighted by Crippen LogP contribution is -2.37. The largest absolute Gasteiger partial charge is 0.398 e. The van der Waals surface area contributed by atoms with E-state index in [1.54, 1.807) is 6.07 Å². The number of hydrogen-bond acceptors (Lipinski definition) is 2. The van der Waals surface area contributed by atoms with Crippen LogP contribution in [-0.4, -0.2) is 23.9 Å². The Labute approximate surface area is 116 Å². The molecule has 0 spiro atoms. The summed E-state index contributed by atoms with van der Waals surface area (Å²) in [5.41, 5.74) is 8.27. The van der Waals surface area contributed by atoms with E-state index in [0.717, 1.165) is 18.7 Å². The normalized spacial score (nSPS) is 11.1. The number of aryl methyl sites for hydroxylation is 1. The Morgan fingerprint density at radius 1 is 1.16 bits per heavy atom. The fourth-order valence-electron chi connectivity index (χ4n) is 2.08. The second-order valence-electron chi connectivity index (χ2n) is 6.07. The average Bonchev–Trinajstić information content (AvgIpc) is 2.29. The summed E-state index contributed by atoms with van der Waals surface area (Å²) in [4.78, 5) is 14.5. The van der Waals surface area contributed by atoms with Gasteiger partial charge < -0.3 is 10.6 Å². The van der Waals surface area contributed by atoms with Crippen molar-refractivity contribution in [3.05, 3.63) is 29.3 Å². The maximum absolute atomic E-state index is 12.5. The molecule has 2 N–H and O–H groups in total. The van der Waals surface area contributed by atoms with Crippen LogP contribution < -0.4 is 5.73 Å². The molecule has 0 atom stereocenters. The number of nitrogens with two attached hydrogens (primary N) is 1. The molecule has 19 heavy (non-hydrogen) atoms. The summed E-state index contributed by atoms with van der Waals surface area (Å²) in [6.45, 7) is 12.0. The van der Waals surface area contributed by atoms with Crippen LogP contribution in [0.5, 0.6) is 0 Å². The minimum Gasteiger partial charge on any atom is -0.398 e. The second-order valence-corrected chi connectivity index (χ2v) is 6.07. The number of anilines is 1. The first-order valence-corrected chi connectivity index (χ1v) is 6.96. The summed E-state index contributed by atoms with van der Waals surface area (Å²) in [6.07, 6.45) is 0. The van der Waals surface area contributed by atoms with E-state index in [1.807, 2.05) is 24.0 Å². The number of carbonyl (C=O) groups excluding carboxylic acids is 1. The van der Waals surface area contributed by atoms with Crippen molar-refractivity contribution >= 4 is 11.6 Å². The van der Waals surface area contributed by atoms with Gasteiger partial charge in [0.15, 0.2) is 0 Å². The molecule has 3 heteroatoms. The Bertz CT molecular complexity index is 428. The predicted octanol–water partition coefficient (Wildman–Crippen LogP) is 3.33. The van der Waals surface area contributed by atoms with E-state index in [9.17, 15) is 4.79 Å². The van der Waals surface area contributed by atoms with Gasteiger partial charge in [-0.2, -0.15) is 0 Å². The van der Waals surface area contributed by atoms with E-state index in [4.69, 9.17) is 5.73 Å². The fourth-order valence-corrected chi connectivity index (χ4v) is 2.08. The topological polar surface area (TPSA) is 46.3 Å². The van der Waals surface area contributed by atoms with Gasteiger partial charge >= 0.3 is 0 Å². The van der Waals surface area contributed by atoms with E-state index in [-0.39, 0.29) is 5.91 Å². The van der Waals surface area contributed by atoms with Crippen molar-refractivity contribution in [2.75, 3.05) is 18.8 Å². The van der Waals surface area contributed by atoms with Gasteiger partial charge in [-0.3, -0.25) is 4.79 Å². The lowest BCUT2D eigenvalue weighted by atomic mass is 10.1. The molecule has 0 aromatic heterocycles. The molecule has 0 fully saturated rings. The number of carbonyl (C=O) groups is 1. The lowest BCUT2D eigenvalue weighted by Gasteiger charge is -2.26. The third-order valence-electron chi connectivity index (χ3n) is 2.98. The van der Waals surface area contributed by atoms with Crippen molar-refractivity contribution in [3.63, 3.8) is 0 Å². The van der Waals surface area contributed by atoms with E-state index in [0.29, 0.717) is 23.1 Å². The maximum Gasteiger partial charge on any atom is 0.253 e. The third-order valence-corrected chi connectivity index (χ3v) is 2.98. The monoisotopic (exact) mass is 262 g/mol. The van der Waals surface area contributed by atoms with E-state index in [1.165, 1.54) is 0 Å². The van der Waals surface area contributed by atoms with Crippen molar-refractivity contribution in [1.29, 1.82) is 0 Å². The molecule has 0 aliphatic rings. The molecule has 0 aliphatic heterocycles. The number of nitrogen functional groups attached to an aromatic ring is 1. The molecule has 1 aromatic rings. The standard InChI is InChI=1S/C16H26N2O/c1-11(2)9-18(10-12(3)4)16(19)14-7-6-13(5)15(17)8-14/h6-8,11-12H,9-10,17H2,1-5H3. The molecule has 0 aliphatic carbocycles. The highest BCUT2D eigenvalue weighted by molar-refractivity contribution is 5.95. The molecule has 0 unspecified atom stereocenters. The molecule has 0 heterocycles. The Hall–Kier alpha value is -1.51. The molecular weight excluding hydrogens is 236 g/mol. The summed E-state index contributed by atoms with van der Waals surface area (Å²) in [7, 11) is 0. The number of rotatable bonds is 5. The summed E-state index contributed by atoms with van der Waals surface area (Å²) < 4.78 is 0. The van der Waals surface area contributed by atoms with Crippen LogP contribution in [0.2, 0.25) is 0 Å². The molecule has 0 saturated carbocycles. The molecule has 0 radical (unpaired) electrons. The van der Waals surface area contributed by atoms with Gasteiger partial charge in [-0.05, 0) is 36.5 Å². The number of hydrogen-bond donors (Lipinski definition) is 1. The van der Waals surface area contributed by atoms with Crippen molar-refractivity contribution in [2.24, 2.45) is 11.8 Å². The average molecular weight is 262 g/mol. The fraction of sp³-hybridized carbons (Fsp3) is 0.562. The van der Waals surface area contributed by atoms with Crippen LogP contribution in [0.4, 0.5) is 5.69 Å². The maximum atomic E-state index is 12.5. The minimum absolute atomic E-state index is 0.0779. The van der Waals surface area contributed by atoms with Crippen LogP contribution >= 0.6 is 0 Å². The number of nitrogens with zero attached hydrogens (tertiary/aromatic N) is 1. The molecule has 106 valence electrons. The lowest BCUT2D eigenvalue weighted by molar-refractivity contribution is 0.0715. The van der Waals surface area contributed by atoms with E-state index in [2.05, 4.69) is 27.7 Å². The Morgan fingerprint density at radius 3 is 2.11 bits per heavy atom. The predicted molar refractivity (Wildman–Crippen MR) is 81.2 cm³/mol. The molecule has 1 rings (SSSR count). The highest BCUT2D eigenvalue weighted by atomic mass is 16.2. The molecule has 1 amide bonds. The molecule has 0 saturated heterocycles. The SMILES string of the molecule is Cc1ccc(C(=O)N(CC(C)C)CC(C)C)cc1N. The summed E-state index contributed by atoms with van der Waals surface area (Å²) in [5, 5.41) is 0. The summed E-state index contributed by atoms with van der Waals surface area (Å²) in [6, 6.07) is 5.55. The number of amides is 1. The van der Waals surface area contributed by atoms with Gasteiger partial charge in [0.05, 0.1) is 0 Å². The van der Waals surface area contributed by atoms with Crippen LogP contribution in [0.1, 0.15) is 43.6 Å². The second kappa shape index (κ2) is 6.60. The first kappa shape index (κ1) is 15.5. The van der Waals surface area contributed by atoms with Gasteiger partial charge in [-0.1, -0.05) is 33.8 Å². The Kier molecular flexibility index (Phi) is 5.40. The summed E-state index contributed by atoms with van der Waals surface area (Å²) in [5.74, 6) is 1.00. The molecule has 3 nitrogen and oxygen atoms in total. The van der Waals surface area contributed by atoms with Gasteiger partial charge in [0, 0.05) is 24.3 Å². The Morgan fingerprint density at radius 2 is 1.68 bits per heavy atom. The van der Waals surface area contributed by atoms with Crippen molar-refractivity contribution in [2.45, 2.75) is 34.6 Å². The first-order chi connectivity index (χ1) is 8.81. The smallest absolute Gasteiger partial charge is 0.253 e. The molecule has 0 bridgehead atoms. The highest BCUT2D eigenvalue weighted by Gasteiger charge is 2.18. The van der Waals surface area contributed by atoms with Crippen LogP contribution in [0.3, 0.4) is 0 Å². The summed E-state index contributed by atoms with van der Waals surface area (Å²) >= 11 is 0.